The van der Waals surface area contributed by atoms with Crippen LogP contribution in [0.1, 0.15) is 18.1 Å². The Labute approximate surface area is 240 Å². The molecule has 1 aromatic heterocycles. The number of carboxylic acids is 1. The van der Waals surface area contributed by atoms with E-state index in [4.69, 9.17) is 5.73 Å². The summed E-state index contributed by atoms with van der Waals surface area (Å²) < 4.78 is 0. The third kappa shape index (κ3) is 6.45. The average Bonchev–Trinajstić information content (AvgIpc) is 3.38. The number of thioether (sulfide) groups is 2. The van der Waals surface area contributed by atoms with Crippen LogP contribution in [-0.2, 0) is 14.4 Å². The maximum absolute atomic E-state index is 13.0. The monoisotopic (exact) mass is 556 g/mol. The number of nitrogens with one attached hydrogen (secondary N) is 3. The van der Waals surface area contributed by atoms with Gasteiger partial charge in [-0.3, -0.25) is 14.5 Å². The summed E-state index contributed by atoms with van der Waals surface area (Å²) in [6, 6.07) is 6.47. The summed E-state index contributed by atoms with van der Waals surface area (Å²) in [5.41, 5.74) is 5.55. The van der Waals surface area contributed by atoms with Crippen molar-refractivity contribution in [3.63, 3.8) is 0 Å². The number of aromatic amines is 1. The number of hydrogen-bond donors (Lipinski definition) is 5. The van der Waals surface area contributed by atoms with Crippen LogP contribution >= 0.6 is 23.5 Å². The Morgan fingerprint density at radius 3 is 2.68 bits per heavy atom. The van der Waals surface area contributed by atoms with Gasteiger partial charge in [0.25, 0.3) is 11.8 Å². The number of fused-ring (bicyclic) bond motifs is 1. The molecule has 14 nitrogen and oxygen atoms in total. The van der Waals surface area contributed by atoms with Crippen LogP contribution in [0, 0.1) is 0 Å². The standard InChI is InChI=1S/C20H22N8O6S2.Na/c21-19(34)22-7-6-11(36-20-24-26-27-25-20)10-8-35-17-12(16(31)28(17)13(10)18(32)33)23-15(30)14(29)9-4-2-1-3-5-9;/h1-5,11-12,14,17,29H,6-8H2,(H,23,30)(H,32,33)(H3,21,22,34)(H,24,25,26,27);/q;+1/p-1/t11?,12?,14?,17-;/m0./s1. The Hall–Kier alpha value is -2.63. The van der Waals surface area contributed by atoms with Gasteiger partial charge in [0.05, 0.1) is 11.7 Å². The third-order valence-corrected chi connectivity index (χ3v) is 8.01. The Kier molecular flexibility index (Phi) is 9.97. The molecule has 0 saturated carbocycles. The van der Waals surface area contributed by atoms with Crippen LogP contribution in [0.15, 0.2) is 46.8 Å². The van der Waals surface area contributed by atoms with Crippen molar-refractivity contribution < 1.29 is 58.9 Å². The predicted molar refractivity (Wildman–Crippen MR) is 124 cm³/mol. The number of aliphatic hydroxyl groups is 1. The molecule has 4 rings (SSSR count). The van der Waals surface area contributed by atoms with Crippen LogP contribution < -0.4 is 51.0 Å². The first kappa shape index (κ1) is 28.9. The first-order chi connectivity index (χ1) is 17.3. The number of β-lactam (4-membered cyclic amide) rings is 1. The van der Waals surface area contributed by atoms with Crippen molar-refractivity contribution in [2.24, 2.45) is 5.73 Å². The van der Waals surface area contributed by atoms with Crippen molar-refractivity contribution in [2.45, 2.75) is 34.3 Å². The number of aliphatic carboxylic acids is 1. The van der Waals surface area contributed by atoms with Crippen LogP contribution in [0.3, 0.4) is 0 Å². The second-order valence-corrected chi connectivity index (χ2v) is 10.0. The molecule has 6 N–H and O–H groups in total. The molecule has 4 amide bonds. The Bertz CT molecular complexity index is 1180. The molecular weight excluding hydrogens is 535 g/mol. The number of carboxylic acid groups (broad SMARTS) is 1. The van der Waals surface area contributed by atoms with Crippen LogP contribution in [0.4, 0.5) is 4.79 Å². The van der Waals surface area contributed by atoms with Crippen molar-refractivity contribution in [3.8, 4) is 0 Å². The number of urea groups is 1. The molecule has 2 aliphatic heterocycles. The molecule has 0 bridgehead atoms. The molecule has 3 heterocycles. The number of benzene rings is 1. The SMILES string of the molecule is NC(=O)NCCC(Sc1nn[nH]n1)C1=C(C(=O)[O-])N2C(=O)C(NC(=O)C(O)c3ccccc3)[C@@H]2SC1.[Na+]. The van der Waals surface area contributed by atoms with Gasteiger partial charge in [0.1, 0.15) is 11.4 Å². The molecule has 17 heteroatoms. The van der Waals surface area contributed by atoms with E-state index >= 15 is 0 Å². The minimum Gasteiger partial charge on any atom is -0.543 e. The van der Waals surface area contributed by atoms with Crippen molar-refractivity contribution in [3.05, 3.63) is 47.2 Å². The summed E-state index contributed by atoms with van der Waals surface area (Å²) >= 11 is 2.36. The zero-order chi connectivity index (χ0) is 25.8. The molecule has 1 aromatic carbocycles. The molecule has 37 heavy (non-hydrogen) atoms. The fourth-order valence-corrected chi connectivity index (χ4v) is 6.40. The van der Waals surface area contributed by atoms with Gasteiger partial charge in [0.15, 0.2) is 6.10 Å². The Balaban J connectivity index is 0.00000380. The van der Waals surface area contributed by atoms with E-state index in [2.05, 4.69) is 31.3 Å². The average molecular weight is 557 g/mol. The van der Waals surface area contributed by atoms with Gasteiger partial charge >= 0.3 is 35.6 Å². The smallest absolute Gasteiger partial charge is 0.543 e. The number of hydrogen-bond acceptors (Lipinski definition) is 11. The summed E-state index contributed by atoms with van der Waals surface area (Å²) in [5.74, 6) is -2.78. The van der Waals surface area contributed by atoms with E-state index < -0.39 is 46.6 Å². The van der Waals surface area contributed by atoms with Crippen LogP contribution in [-0.4, -0.2) is 83.4 Å². The molecule has 0 aliphatic carbocycles. The number of carbonyl (C=O) groups excluding carboxylic acids is 4. The van der Waals surface area contributed by atoms with Gasteiger partial charge in [-0.25, -0.2) is 4.79 Å². The number of aliphatic hydroxyl groups excluding tert-OH is 1. The first-order valence-corrected chi connectivity index (χ1v) is 12.6. The molecule has 2 aliphatic rings. The fraction of sp³-hybridized carbons (Fsp3) is 0.350. The van der Waals surface area contributed by atoms with Gasteiger partial charge in [-0.2, -0.15) is 5.21 Å². The van der Waals surface area contributed by atoms with E-state index in [1.165, 1.54) is 11.8 Å². The quantitative estimate of drug-likeness (QED) is 0.106. The van der Waals surface area contributed by atoms with E-state index in [-0.39, 0.29) is 59.1 Å². The zero-order valence-electron chi connectivity index (χ0n) is 19.5. The number of primary amides is 1. The summed E-state index contributed by atoms with van der Waals surface area (Å²) in [6.45, 7) is 0.132. The van der Waals surface area contributed by atoms with Crippen molar-refractivity contribution in [2.75, 3.05) is 12.3 Å². The first-order valence-electron chi connectivity index (χ1n) is 10.6. The van der Waals surface area contributed by atoms with Crippen LogP contribution in [0.5, 0.6) is 0 Å². The van der Waals surface area contributed by atoms with Gasteiger partial charge in [0.2, 0.25) is 5.16 Å². The zero-order valence-corrected chi connectivity index (χ0v) is 23.1. The topological polar surface area (TPSA) is 219 Å². The predicted octanol–water partition coefficient (Wildman–Crippen LogP) is -5.14. The van der Waals surface area contributed by atoms with E-state index in [0.717, 1.165) is 16.7 Å². The molecule has 1 saturated heterocycles. The maximum Gasteiger partial charge on any atom is 1.00 e. The number of carbonyl (C=O) groups is 4. The number of H-pyrrole nitrogens is 1. The van der Waals surface area contributed by atoms with Crippen LogP contribution in [0.2, 0.25) is 0 Å². The maximum atomic E-state index is 13.0. The number of aromatic nitrogens is 4. The fourth-order valence-electron chi connectivity index (χ4n) is 3.86. The molecule has 4 atom stereocenters. The number of nitrogens with two attached hydrogens (primary N) is 1. The van der Waals surface area contributed by atoms with Gasteiger partial charge in [-0.05, 0) is 22.8 Å². The minimum absolute atomic E-state index is 0. The summed E-state index contributed by atoms with van der Waals surface area (Å²) in [5, 5.41) is 40.0. The molecule has 0 radical (unpaired) electrons. The molecule has 0 spiro atoms. The normalized spacial score (nSPS) is 20.1. The number of rotatable bonds is 10. The second-order valence-electron chi connectivity index (χ2n) is 7.75. The van der Waals surface area contributed by atoms with E-state index in [1.54, 1.807) is 30.3 Å². The molecule has 3 unspecified atom stereocenters. The number of nitrogens with zero attached hydrogens (tertiary/aromatic N) is 4. The summed E-state index contributed by atoms with van der Waals surface area (Å²) in [7, 11) is 0. The minimum atomic E-state index is -1.56. The van der Waals surface area contributed by atoms with E-state index in [0.29, 0.717) is 11.1 Å². The Morgan fingerprint density at radius 2 is 2.05 bits per heavy atom. The van der Waals surface area contributed by atoms with Gasteiger partial charge in [-0.1, -0.05) is 42.1 Å². The van der Waals surface area contributed by atoms with Crippen molar-refractivity contribution >= 4 is 47.3 Å². The number of amides is 4. The van der Waals surface area contributed by atoms with E-state index in [1.807, 2.05) is 0 Å². The Morgan fingerprint density at radius 1 is 1.32 bits per heavy atom. The summed E-state index contributed by atoms with van der Waals surface area (Å²) in [4.78, 5) is 49.8. The van der Waals surface area contributed by atoms with Crippen LogP contribution in [0.25, 0.3) is 0 Å². The number of tetrazole rings is 1. The van der Waals surface area contributed by atoms with E-state index in [9.17, 15) is 29.4 Å². The van der Waals surface area contributed by atoms with Crippen molar-refractivity contribution in [1.29, 1.82) is 0 Å². The van der Waals surface area contributed by atoms with Gasteiger partial charge in [0, 0.05) is 17.5 Å². The van der Waals surface area contributed by atoms with Gasteiger partial charge < -0.3 is 31.4 Å². The second kappa shape index (κ2) is 12.7. The molecule has 2 aromatic rings. The largest absolute Gasteiger partial charge is 1.00 e. The summed E-state index contributed by atoms with van der Waals surface area (Å²) in [6.07, 6.45) is -1.23. The van der Waals surface area contributed by atoms with Gasteiger partial charge in [-0.15, -0.1) is 22.0 Å². The van der Waals surface area contributed by atoms with Crippen molar-refractivity contribution in [1.82, 2.24) is 36.2 Å². The third-order valence-electron chi connectivity index (χ3n) is 5.52. The molecule has 190 valence electrons. The molecule has 1 fully saturated rings. The molecular formula is C20H21N8NaO6S2.